The molecule has 2 atom stereocenters. The molecule has 144 valence electrons. The molecule has 6 nitrogen and oxygen atoms in total. The average molecular weight is 395 g/mol. The number of nitrogens with zero attached hydrogens (tertiary/aromatic N) is 2. The van der Waals surface area contributed by atoms with Crippen molar-refractivity contribution in [2.24, 2.45) is 0 Å². The van der Waals surface area contributed by atoms with Crippen molar-refractivity contribution in [3.63, 3.8) is 0 Å². The third-order valence-corrected chi connectivity index (χ3v) is 5.23. The van der Waals surface area contributed by atoms with Gasteiger partial charge < -0.3 is 24.7 Å². The Bertz CT molecular complexity index is 989. The van der Waals surface area contributed by atoms with Gasteiger partial charge in [0.25, 0.3) is 0 Å². The molecule has 1 aliphatic heterocycles. The van der Waals surface area contributed by atoms with E-state index in [4.69, 9.17) is 21.7 Å². The summed E-state index contributed by atoms with van der Waals surface area (Å²) >= 11 is 5.75. The Kier molecular flexibility index (Phi) is 4.92. The quantitative estimate of drug-likeness (QED) is 0.640. The fourth-order valence-corrected chi connectivity index (χ4v) is 3.95. The highest BCUT2D eigenvalue weighted by Crippen LogP contribution is 2.45. The van der Waals surface area contributed by atoms with Crippen LogP contribution in [0.1, 0.15) is 29.2 Å². The molecule has 28 heavy (non-hydrogen) atoms. The van der Waals surface area contributed by atoms with E-state index in [1.54, 1.807) is 20.4 Å². The average Bonchev–Trinajstić information content (AvgIpc) is 3.30. The molecule has 3 heterocycles. The van der Waals surface area contributed by atoms with Crippen molar-refractivity contribution in [3.05, 3.63) is 71.8 Å². The Balaban J connectivity index is 1.87. The number of aromatic amines is 1. The second kappa shape index (κ2) is 7.52. The summed E-state index contributed by atoms with van der Waals surface area (Å²) in [5.41, 5.74) is 3.90. The van der Waals surface area contributed by atoms with Crippen LogP contribution in [0.2, 0.25) is 0 Å². The minimum Gasteiger partial charge on any atom is -0.497 e. The summed E-state index contributed by atoms with van der Waals surface area (Å²) in [7, 11) is 3.30. The number of thiocarbonyl (C=S) groups is 1. The molecule has 1 saturated heterocycles. The Labute approximate surface area is 169 Å². The van der Waals surface area contributed by atoms with Crippen molar-refractivity contribution in [2.45, 2.75) is 19.0 Å². The Morgan fingerprint density at radius 3 is 2.57 bits per heavy atom. The molecular weight excluding hydrogens is 372 g/mol. The standard InChI is InChI=1S/C21H22N4O2S/c1-13-7-9-16(23-13)20-19(15-6-4-5-11-22-15)24-21(28)25(20)17-12-14(26-2)8-10-18(17)27-3/h4-12,19-20,23H,1-3H3,(H,24,28)/t19-,20+/m0/s1. The zero-order valence-electron chi connectivity index (χ0n) is 16.0. The molecule has 0 spiro atoms. The van der Waals surface area contributed by atoms with E-state index in [2.05, 4.69) is 32.3 Å². The van der Waals surface area contributed by atoms with E-state index >= 15 is 0 Å². The van der Waals surface area contributed by atoms with Crippen LogP contribution in [-0.4, -0.2) is 29.3 Å². The second-order valence-electron chi connectivity index (χ2n) is 6.63. The van der Waals surface area contributed by atoms with Gasteiger partial charge >= 0.3 is 0 Å². The largest absolute Gasteiger partial charge is 0.497 e. The fraction of sp³-hybridized carbons (Fsp3) is 0.238. The number of hydrogen-bond donors (Lipinski definition) is 2. The highest BCUT2D eigenvalue weighted by Gasteiger charge is 2.42. The summed E-state index contributed by atoms with van der Waals surface area (Å²) in [5.74, 6) is 1.46. The molecular formula is C21H22N4O2S. The first kappa shape index (κ1) is 18.3. The number of H-pyrrole nitrogens is 1. The predicted molar refractivity (Wildman–Crippen MR) is 113 cm³/mol. The molecule has 1 fully saturated rings. The SMILES string of the molecule is COc1ccc(OC)c(N2C(=S)N[C@@H](c3ccccn3)[C@H]2c2ccc(C)[nH]2)c1. The van der Waals surface area contributed by atoms with Gasteiger partial charge in [0.2, 0.25) is 0 Å². The molecule has 0 amide bonds. The summed E-state index contributed by atoms with van der Waals surface area (Å²) in [4.78, 5) is 10.1. The van der Waals surface area contributed by atoms with Gasteiger partial charge in [0, 0.05) is 23.7 Å². The monoisotopic (exact) mass is 394 g/mol. The Hall–Kier alpha value is -3.06. The molecule has 4 rings (SSSR count). The van der Waals surface area contributed by atoms with Gasteiger partial charge in [-0.2, -0.15) is 0 Å². The molecule has 0 saturated carbocycles. The van der Waals surface area contributed by atoms with E-state index < -0.39 is 0 Å². The third kappa shape index (κ3) is 3.18. The molecule has 1 aliphatic rings. The third-order valence-electron chi connectivity index (χ3n) is 4.92. The number of rotatable bonds is 5. The van der Waals surface area contributed by atoms with Crippen LogP contribution >= 0.6 is 12.2 Å². The van der Waals surface area contributed by atoms with Gasteiger partial charge in [-0.25, -0.2) is 0 Å². The maximum absolute atomic E-state index is 5.75. The number of methoxy groups -OCH3 is 2. The van der Waals surface area contributed by atoms with Crippen LogP contribution in [0.25, 0.3) is 0 Å². The highest BCUT2D eigenvalue weighted by atomic mass is 32.1. The lowest BCUT2D eigenvalue weighted by Crippen LogP contribution is -2.30. The number of pyridine rings is 1. The summed E-state index contributed by atoms with van der Waals surface area (Å²) in [6.45, 7) is 2.04. The number of hydrogen-bond acceptors (Lipinski definition) is 4. The van der Waals surface area contributed by atoms with Gasteiger partial charge in [0.15, 0.2) is 5.11 Å². The van der Waals surface area contributed by atoms with E-state index in [0.717, 1.165) is 34.3 Å². The van der Waals surface area contributed by atoms with Crippen molar-refractivity contribution >= 4 is 23.0 Å². The highest BCUT2D eigenvalue weighted by molar-refractivity contribution is 7.80. The summed E-state index contributed by atoms with van der Waals surface area (Å²) < 4.78 is 11.1. The zero-order chi connectivity index (χ0) is 19.7. The van der Waals surface area contributed by atoms with Gasteiger partial charge in [0.05, 0.1) is 31.6 Å². The van der Waals surface area contributed by atoms with Gasteiger partial charge in [-0.3, -0.25) is 4.98 Å². The molecule has 3 aromatic rings. The normalized spacial score (nSPS) is 18.8. The van der Waals surface area contributed by atoms with E-state index in [-0.39, 0.29) is 12.1 Å². The van der Waals surface area contributed by atoms with Crippen molar-refractivity contribution in [2.75, 3.05) is 19.1 Å². The molecule has 1 aromatic carbocycles. The van der Waals surface area contributed by atoms with Crippen molar-refractivity contribution in [1.29, 1.82) is 0 Å². The minimum absolute atomic E-state index is 0.109. The Morgan fingerprint density at radius 2 is 1.93 bits per heavy atom. The first-order valence-electron chi connectivity index (χ1n) is 9.00. The maximum Gasteiger partial charge on any atom is 0.174 e. The van der Waals surface area contributed by atoms with Crippen molar-refractivity contribution < 1.29 is 9.47 Å². The molecule has 7 heteroatoms. The molecule has 0 radical (unpaired) electrons. The lowest BCUT2D eigenvalue weighted by atomic mass is 10.0. The number of benzene rings is 1. The van der Waals surface area contributed by atoms with E-state index in [9.17, 15) is 0 Å². The van der Waals surface area contributed by atoms with Gasteiger partial charge in [-0.15, -0.1) is 0 Å². The zero-order valence-corrected chi connectivity index (χ0v) is 16.8. The predicted octanol–water partition coefficient (Wildman–Crippen LogP) is 3.91. The number of aromatic nitrogens is 2. The van der Waals surface area contributed by atoms with Crippen LogP contribution in [0.5, 0.6) is 11.5 Å². The number of nitrogens with one attached hydrogen (secondary N) is 2. The van der Waals surface area contributed by atoms with Crippen LogP contribution in [0.3, 0.4) is 0 Å². The van der Waals surface area contributed by atoms with Crippen LogP contribution in [0.15, 0.2) is 54.7 Å². The topological polar surface area (TPSA) is 62.4 Å². The minimum atomic E-state index is -0.114. The van der Waals surface area contributed by atoms with Crippen LogP contribution in [0, 0.1) is 6.92 Å². The second-order valence-corrected chi connectivity index (χ2v) is 7.02. The van der Waals surface area contributed by atoms with E-state index in [1.807, 2.05) is 43.3 Å². The molecule has 0 unspecified atom stereocenters. The van der Waals surface area contributed by atoms with Crippen LogP contribution in [0.4, 0.5) is 5.69 Å². The summed E-state index contributed by atoms with van der Waals surface area (Å²) in [5, 5.41) is 4.05. The first-order chi connectivity index (χ1) is 13.6. The molecule has 0 aliphatic carbocycles. The maximum atomic E-state index is 5.75. The van der Waals surface area contributed by atoms with Crippen LogP contribution < -0.4 is 19.7 Å². The number of anilines is 1. The van der Waals surface area contributed by atoms with Gasteiger partial charge in [-0.1, -0.05) is 6.07 Å². The smallest absolute Gasteiger partial charge is 0.174 e. The van der Waals surface area contributed by atoms with Crippen molar-refractivity contribution in [1.82, 2.24) is 15.3 Å². The van der Waals surface area contributed by atoms with Crippen LogP contribution in [-0.2, 0) is 0 Å². The lowest BCUT2D eigenvalue weighted by molar-refractivity contribution is 0.402. The van der Waals surface area contributed by atoms with Gasteiger partial charge in [0.1, 0.15) is 17.5 Å². The molecule has 0 bridgehead atoms. The van der Waals surface area contributed by atoms with E-state index in [0.29, 0.717) is 5.11 Å². The lowest BCUT2D eigenvalue weighted by Gasteiger charge is -2.28. The van der Waals surface area contributed by atoms with Gasteiger partial charge in [-0.05, 0) is 55.5 Å². The number of aryl methyl sites for hydroxylation is 1. The summed E-state index contributed by atoms with van der Waals surface area (Å²) in [6, 6.07) is 15.5. The Morgan fingerprint density at radius 1 is 1.07 bits per heavy atom. The summed E-state index contributed by atoms with van der Waals surface area (Å²) in [6.07, 6.45) is 1.80. The van der Waals surface area contributed by atoms with E-state index in [1.165, 1.54) is 0 Å². The number of ether oxygens (including phenoxy) is 2. The van der Waals surface area contributed by atoms with Crippen molar-refractivity contribution in [3.8, 4) is 11.5 Å². The molecule has 2 N–H and O–H groups in total. The first-order valence-corrected chi connectivity index (χ1v) is 9.41. The fourth-order valence-electron chi connectivity index (χ4n) is 3.61. The molecule has 2 aromatic heterocycles.